The van der Waals surface area contributed by atoms with E-state index in [2.05, 4.69) is 29.8 Å². The lowest BCUT2D eigenvalue weighted by atomic mass is 10.0. The molecule has 0 aliphatic carbocycles. The molecule has 0 aromatic carbocycles. The van der Waals surface area contributed by atoms with Crippen molar-refractivity contribution in [3.8, 4) is 0 Å². The van der Waals surface area contributed by atoms with Gasteiger partial charge in [-0.2, -0.15) is 0 Å². The van der Waals surface area contributed by atoms with Crippen LogP contribution < -0.4 is 16.0 Å². The number of hydrogen-bond donors (Lipinski definition) is 5. The highest BCUT2D eigenvalue weighted by Gasteiger charge is 2.04. The molecule has 2 unspecified atom stereocenters. The molecule has 0 aliphatic heterocycles. The lowest BCUT2D eigenvalue weighted by Crippen LogP contribution is -2.31. The van der Waals surface area contributed by atoms with Crippen LogP contribution in [0.15, 0.2) is 0 Å². The highest BCUT2D eigenvalue weighted by Crippen LogP contribution is 2.13. The van der Waals surface area contributed by atoms with Crippen LogP contribution in [0, 0.1) is 0 Å². The minimum Gasteiger partial charge on any atom is -0.392 e. The van der Waals surface area contributed by atoms with Crippen LogP contribution in [0.25, 0.3) is 0 Å². The quantitative estimate of drug-likeness (QED) is 0.0522. The van der Waals surface area contributed by atoms with Gasteiger partial charge in [0.1, 0.15) is 0 Å². The Morgan fingerprint density at radius 1 is 0.359 bits per heavy atom. The summed E-state index contributed by atoms with van der Waals surface area (Å²) in [5.41, 5.74) is 0. The van der Waals surface area contributed by atoms with Gasteiger partial charge in [-0.15, -0.1) is 0 Å². The molecule has 0 rings (SSSR count). The van der Waals surface area contributed by atoms with Gasteiger partial charge >= 0.3 is 0 Å². The maximum atomic E-state index is 10.2. The molecule has 0 spiro atoms. The summed E-state index contributed by atoms with van der Waals surface area (Å²) in [5, 5.41) is 30.6. The van der Waals surface area contributed by atoms with E-state index < -0.39 is 0 Å². The Morgan fingerprint density at radius 2 is 0.641 bits per heavy atom. The predicted octanol–water partition coefficient (Wildman–Crippen LogP) is 7.88. The molecule has 0 aromatic rings. The van der Waals surface area contributed by atoms with Crippen LogP contribution in [0.5, 0.6) is 0 Å². The lowest BCUT2D eigenvalue weighted by molar-refractivity contribution is 0.158. The van der Waals surface area contributed by atoms with Gasteiger partial charge in [0.25, 0.3) is 0 Å². The molecule has 0 bridgehead atoms. The Balaban J connectivity index is 3.22. The third-order valence-electron chi connectivity index (χ3n) is 7.96. The molecule has 236 valence electrons. The molecule has 0 heterocycles. The molecule has 0 radical (unpaired) electrons. The molecule has 39 heavy (non-hydrogen) atoms. The summed E-state index contributed by atoms with van der Waals surface area (Å²) < 4.78 is 0. The first-order valence-electron chi connectivity index (χ1n) is 17.7. The molecule has 5 nitrogen and oxygen atoms in total. The van der Waals surface area contributed by atoms with Crippen molar-refractivity contribution in [3.05, 3.63) is 0 Å². The Labute approximate surface area is 245 Å². The van der Waals surface area contributed by atoms with Crippen molar-refractivity contribution in [1.29, 1.82) is 0 Å². The summed E-state index contributed by atoms with van der Waals surface area (Å²) in [6, 6.07) is 0. The van der Waals surface area contributed by atoms with Crippen LogP contribution in [0.4, 0.5) is 0 Å². The summed E-state index contributed by atoms with van der Waals surface area (Å²) in [7, 11) is 0. The molecular formula is C34H73N3O2. The largest absolute Gasteiger partial charge is 0.392 e. The van der Waals surface area contributed by atoms with Crippen molar-refractivity contribution in [2.45, 2.75) is 180 Å². The van der Waals surface area contributed by atoms with E-state index in [0.29, 0.717) is 0 Å². The first-order valence-corrected chi connectivity index (χ1v) is 17.7. The molecular weight excluding hydrogens is 482 g/mol. The molecule has 5 heteroatoms. The highest BCUT2D eigenvalue weighted by atomic mass is 16.3. The third-order valence-corrected chi connectivity index (χ3v) is 7.96. The van der Waals surface area contributed by atoms with Gasteiger partial charge in [-0.05, 0) is 51.9 Å². The molecule has 2 atom stereocenters. The van der Waals surface area contributed by atoms with Gasteiger partial charge in [0.2, 0.25) is 0 Å². The Morgan fingerprint density at radius 3 is 0.974 bits per heavy atom. The first-order chi connectivity index (χ1) is 19.2. The van der Waals surface area contributed by atoms with Gasteiger partial charge in [-0.3, -0.25) is 0 Å². The smallest absolute Gasteiger partial charge is 0.0664 e. The summed E-state index contributed by atoms with van der Waals surface area (Å²) in [6.07, 6.45) is 30.6. The van der Waals surface area contributed by atoms with Crippen LogP contribution in [0.2, 0.25) is 0 Å². The Kier molecular flexibility index (Phi) is 33.8. The summed E-state index contributed by atoms with van der Waals surface area (Å²) in [5.74, 6) is 0. The molecule has 0 saturated heterocycles. The molecule has 0 aromatic heterocycles. The van der Waals surface area contributed by atoms with E-state index in [1.54, 1.807) is 0 Å². The summed E-state index contributed by atoms with van der Waals surface area (Å²) >= 11 is 0. The summed E-state index contributed by atoms with van der Waals surface area (Å²) in [4.78, 5) is 0. The SMILES string of the molecule is CCCCCCCCCCCCC(O)CNCCCNCCCNCC(O)CCCCCCCCCCCC. The Hall–Kier alpha value is -0.200. The van der Waals surface area contributed by atoms with E-state index in [9.17, 15) is 10.2 Å². The van der Waals surface area contributed by atoms with Gasteiger partial charge in [0.15, 0.2) is 0 Å². The first kappa shape index (κ1) is 38.8. The molecule has 0 fully saturated rings. The van der Waals surface area contributed by atoms with Crippen molar-refractivity contribution in [1.82, 2.24) is 16.0 Å². The second-order valence-corrected chi connectivity index (χ2v) is 12.1. The van der Waals surface area contributed by atoms with Crippen LogP contribution in [-0.2, 0) is 0 Å². The van der Waals surface area contributed by atoms with Crippen LogP contribution in [-0.4, -0.2) is 61.7 Å². The average Bonchev–Trinajstić information content (AvgIpc) is 2.93. The normalized spacial score (nSPS) is 13.2. The zero-order valence-corrected chi connectivity index (χ0v) is 26.8. The number of hydrogen-bond acceptors (Lipinski definition) is 5. The lowest BCUT2D eigenvalue weighted by Gasteiger charge is -2.13. The van der Waals surface area contributed by atoms with E-state index in [4.69, 9.17) is 0 Å². The number of unbranched alkanes of at least 4 members (excludes halogenated alkanes) is 18. The standard InChI is InChI=1S/C34H73N3O2/c1-3-5-7-9-11-13-15-17-19-21-25-33(38)31-36-29-23-27-35-28-24-30-37-32-34(39)26-22-20-18-16-14-12-10-8-6-4-2/h33-39H,3-32H2,1-2H3. The van der Waals surface area contributed by atoms with Crippen LogP contribution in [0.1, 0.15) is 168 Å². The van der Waals surface area contributed by atoms with E-state index in [1.165, 1.54) is 116 Å². The topological polar surface area (TPSA) is 76.5 Å². The summed E-state index contributed by atoms with van der Waals surface area (Å²) in [6.45, 7) is 9.96. The van der Waals surface area contributed by atoms with E-state index in [1.807, 2.05) is 0 Å². The molecule has 0 aliphatic rings. The van der Waals surface area contributed by atoms with Gasteiger partial charge in [-0.1, -0.05) is 142 Å². The van der Waals surface area contributed by atoms with Crippen molar-refractivity contribution >= 4 is 0 Å². The van der Waals surface area contributed by atoms with Crippen molar-refractivity contribution in [3.63, 3.8) is 0 Å². The number of aliphatic hydroxyl groups is 2. The van der Waals surface area contributed by atoms with Gasteiger partial charge in [0.05, 0.1) is 12.2 Å². The average molecular weight is 556 g/mol. The zero-order chi connectivity index (χ0) is 28.5. The Bertz CT molecular complexity index is 401. The zero-order valence-electron chi connectivity index (χ0n) is 26.8. The van der Waals surface area contributed by atoms with Gasteiger partial charge in [-0.25, -0.2) is 0 Å². The second kappa shape index (κ2) is 34.0. The molecule has 0 amide bonds. The number of aliphatic hydroxyl groups excluding tert-OH is 2. The second-order valence-electron chi connectivity index (χ2n) is 12.1. The number of rotatable bonds is 34. The van der Waals surface area contributed by atoms with E-state index in [-0.39, 0.29) is 12.2 Å². The number of nitrogens with one attached hydrogen (secondary N) is 3. The highest BCUT2D eigenvalue weighted by molar-refractivity contribution is 4.63. The maximum absolute atomic E-state index is 10.2. The third kappa shape index (κ3) is 33.9. The molecule has 0 saturated carbocycles. The monoisotopic (exact) mass is 556 g/mol. The minimum atomic E-state index is -0.196. The minimum absolute atomic E-state index is 0.196. The van der Waals surface area contributed by atoms with Gasteiger partial charge in [0, 0.05) is 13.1 Å². The predicted molar refractivity (Wildman–Crippen MR) is 173 cm³/mol. The van der Waals surface area contributed by atoms with Crippen LogP contribution in [0.3, 0.4) is 0 Å². The fourth-order valence-electron chi connectivity index (χ4n) is 5.28. The van der Waals surface area contributed by atoms with E-state index in [0.717, 1.165) is 77.8 Å². The van der Waals surface area contributed by atoms with Crippen molar-refractivity contribution in [2.24, 2.45) is 0 Å². The van der Waals surface area contributed by atoms with Crippen molar-refractivity contribution in [2.75, 3.05) is 39.3 Å². The molecule has 5 N–H and O–H groups in total. The van der Waals surface area contributed by atoms with Crippen LogP contribution >= 0.6 is 0 Å². The maximum Gasteiger partial charge on any atom is 0.0664 e. The van der Waals surface area contributed by atoms with Gasteiger partial charge < -0.3 is 26.2 Å². The fraction of sp³-hybridized carbons (Fsp3) is 1.00. The van der Waals surface area contributed by atoms with Crippen molar-refractivity contribution < 1.29 is 10.2 Å². The van der Waals surface area contributed by atoms with E-state index >= 15 is 0 Å². The fourth-order valence-corrected chi connectivity index (χ4v) is 5.28.